The van der Waals surface area contributed by atoms with Gasteiger partial charge in [0.05, 0.1) is 42.9 Å². The Morgan fingerprint density at radius 1 is 0.710 bits per heavy atom. The molecular weight excluding hydrogens is 506 g/mol. The van der Waals surface area contributed by atoms with Gasteiger partial charge in [0.15, 0.2) is 0 Å². The zero-order chi connectivity index (χ0) is 24.2. The SMILES string of the molecule is CC1=NCCNC(C)(C)CC(C)=NCCNC(C)(C)C1.[Ni].[O-][Cl+3]([O-])([O-])O.[O-][Cl+3]([O-])([O-])O. The first-order valence-electron chi connectivity index (χ1n) is 8.96. The molecule has 0 bridgehead atoms. The Bertz CT molecular complexity index is 493. The van der Waals surface area contributed by atoms with E-state index >= 15 is 0 Å². The van der Waals surface area contributed by atoms with Crippen LogP contribution in [0.3, 0.4) is 0 Å². The Labute approximate surface area is 197 Å². The standard InChI is InChI=1S/C16H32N4.2ClHO4.Ni/c1-13-11-15(3,4)19-10-8-18-14(2)12-16(5,6)20-9-7-17-13;2*2-1(3,4)5;/h19-20H,7-12H2,1-6H3;2*(H,2,3,4,5);. The minimum atomic E-state index is -4.69. The minimum absolute atomic E-state index is 0. The van der Waals surface area contributed by atoms with Gasteiger partial charge in [0, 0.05) is 64.9 Å². The van der Waals surface area contributed by atoms with E-state index in [0.29, 0.717) is 0 Å². The summed E-state index contributed by atoms with van der Waals surface area (Å²) in [4.78, 5) is 9.35. The van der Waals surface area contributed by atoms with Crippen molar-refractivity contribution in [2.24, 2.45) is 9.98 Å². The summed E-state index contributed by atoms with van der Waals surface area (Å²) in [5.41, 5.74) is 2.62. The van der Waals surface area contributed by atoms with Crippen LogP contribution in [0, 0.1) is 20.5 Å². The van der Waals surface area contributed by atoms with Crippen molar-refractivity contribution >= 4 is 11.4 Å². The molecule has 12 nitrogen and oxygen atoms in total. The predicted molar refractivity (Wildman–Crippen MR) is 93.8 cm³/mol. The van der Waals surface area contributed by atoms with Crippen molar-refractivity contribution in [2.45, 2.75) is 65.5 Å². The van der Waals surface area contributed by atoms with E-state index < -0.39 is 20.5 Å². The van der Waals surface area contributed by atoms with Crippen LogP contribution in [-0.2, 0) is 16.5 Å². The van der Waals surface area contributed by atoms with Gasteiger partial charge < -0.3 is 10.6 Å². The molecule has 4 N–H and O–H groups in total. The van der Waals surface area contributed by atoms with Crippen molar-refractivity contribution in [3.8, 4) is 0 Å². The maximum atomic E-state index is 8.60. The van der Waals surface area contributed by atoms with Crippen LogP contribution >= 0.6 is 0 Å². The third-order valence-electron chi connectivity index (χ3n) is 3.59. The second-order valence-electron chi connectivity index (χ2n) is 8.00. The molecule has 1 aliphatic heterocycles. The summed E-state index contributed by atoms with van der Waals surface area (Å²) in [7, 11) is -9.39. The maximum Gasteiger partial charge on any atom is 0.0777 e. The first-order valence-corrected chi connectivity index (χ1v) is 11.5. The van der Waals surface area contributed by atoms with E-state index in [4.69, 9.17) is 37.3 Å². The van der Waals surface area contributed by atoms with Crippen molar-refractivity contribution in [2.75, 3.05) is 26.2 Å². The average molecular weight is 540 g/mol. The van der Waals surface area contributed by atoms with Gasteiger partial charge in [-0.15, -0.1) is 0 Å². The zero-order valence-corrected chi connectivity index (χ0v) is 21.1. The van der Waals surface area contributed by atoms with Gasteiger partial charge in [-0.05, 0) is 41.5 Å². The molecule has 190 valence electrons. The van der Waals surface area contributed by atoms with Crippen molar-refractivity contribution in [3.05, 3.63) is 0 Å². The first kappa shape index (κ1) is 35.6. The van der Waals surface area contributed by atoms with E-state index in [1.165, 1.54) is 11.4 Å². The Kier molecular flexibility index (Phi) is 18.1. The summed E-state index contributed by atoms with van der Waals surface area (Å²) < 4.78 is 65.4. The summed E-state index contributed by atoms with van der Waals surface area (Å²) in [6.45, 7) is 16.7. The number of hydrogen-bond donors (Lipinski definition) is 4. The fourth-order valence-corrected chi connectivity index (χ4v) is 2.80. The number of nitrogens with one attached hydrogen (secondary N) is 2. The molecule has 0 amide bonds. The van der Waals surface area contributed by atoms with Gasteiger partial charge in [0.2, 0.25) is 0 Å². The van der Waals surface area contributed by atoms with Crippen LogP contribution < -0.4 is 38.6 Å². The summed E-state index contributed by atoms with van der Waals surface area (Å²) in [6.07, 6.45) is 1.97. The summed E-state index contributed by atoms with van der Waals surface area (Å²) >= 11 is 0. The monoisotopic (exact) mass is 538 g/mol. The van der Waals surface area contributed by atoms with E-state index in [1.54, 1.807) is 0 Å². The molecule has 0 atom stereocenters. The zero-order valence-electron chi connectivity index (χ0n) is 18.6. The van der Waals surface area contributed by atoms with Crippen LogP contribution in [0.15, 0.2) is 9.98 Å². The van der Waals surface area contributed by atoms with Crippen molar-refractivity contribution in [1.29, 1.82) is 0 Å². The average Bonchev–Trinajstić information content (AvgIpc) is 2.43. The normalized spacial score (nSPS) is 20.2. The van der Waals surface area contributed by atoms with Crippen molar-refractivity contribution < 1.29 is 74.2 Å². The molecule has 0 spiro atoms. The van der Waals surface area contributed by atoms with Gasteiger partial charge in [-0.3, -0.25) is 9.98 Å². The van der Waals surface area contributed by atoms with Crippen LogP contribution in [0.4, 0.5) is 0 Å². The Morgan fingerprint density at radius 2 is 0.935 bits per heavy atom. The number of hydrogen-bond acceptors (Lipinski definition) is 12. The van der Waals surface area contributed by atoms with Crippen LogP contribution in [0.25, 0.3) is 0 Å². The molecule has 1 heterocycles. The molecule has 0 saturated heterocycles. The fraction of sp³-hybridized carbons (Fsp3) is 0.875. The summed E-state index contributed by atoms with van der Waals surface area (Å²) in [5.74, 6) is 0. The molecule has 31 heavy (non-hydrogen) atoms. The first-order chi connectivity index (χ1) is 13.2. The molecule has 1 rings (SSSR count). The van der Waals surface area contributed by atoms with Gasteiger partial charge in [0.25, 0.3) is 0 Å². The van der Waals surface area contributed by atoms with E-state index in [2.05, 4.69) is 62.2 Å². The number of rotatable bonds is 0. The molecular formula is C16H34Cl2N4NiO8. The molecule has 0 unspecified atom stereocenters. The number of aliphatic imine (C=N–C) groups is 2. The third kappa shape index (κ3) is 34.8. The maximum absolute atomic E-state index is 8.60. The van der Waals surface area contributed by atoms with E-state index in [9.17, 15) is 0 Å². The van der Waals surface area contributed by atoms with Gasteiger partial charge in [-0.1, -0.05) is 0 Å². The quantitative estimate of drug-likeness (QED) is 0.213. The van der Waals surface area contributed by atoms with Crippen LogP contribution in [0.1, 0.15) is 54.4 Å². The number of halogens is 2. The molecule has 0 aromatic carbocycles. The number of nitrogens with zero attached hydrogens (tertiary/aromatic N) is 2. The van der Waals surface area contributed by atoms with Gasteiger partial charge in [-0.2, -0.15) is 28.0 Å². The molecule has 0 fully saturated rings. The van der Waals surface area contributed by atoms with Crippen molar-refractivity contribution in [3.63, 3.8) is 0 Å². The molecule has 0 radical (unpaired) electrons. The van der Waals surface area contributed by atoms with E-state index in [1.807, 2.05) is 0 Å². The third-order valence-corrected chi connectivity index (χ3v) is 3.59. The molecule has 15 heteroatoms. The molecule has 0 aliphatic carbocycles. The largest absolute Gasteiger partial charge is 0.310 e. The Morgan fingerprint density at radius 3 is 1.16 bits per heavy atom. The molecule has 0 aromatic rings. The van der Waals surface area contributed by atoms with Gasteiger partial charge in [0.1, 0.15) is 0 Å². The van der Waals surface area contributed by atoms with Crippen molar-refractivity contribution in [1.82, 2.24) is 10.6 Å². The summed E-state index contributed by atoms with van der Waals surface area (Å²) in [5, 5.41) is 7.16. The predicted octanol–water partition coefficient (Wildman–Crippen LogP) is -5.81. The van der Waals surface area contributed by atoms with Crippen LogP contribution in [0.5, 0.6) is 0 Å². The van der Waals surface area contributed by atoms with Crippen LogP contribution in [0.2, 0.25) is 0 Å². The van der Waals surface area contributed by atoms with Gasteiger partial charge in [-0.25, -0.2) is 0 Å². The minimum Gasteiger partial charge on any atom is -0.310 e. The summed E-state index contributed by atoms with van der Waals surface area (Å²) in [6, 6.07) is 0. The Balaban J connectivity index is -0.000000595. The van der Waals surface area contributed by atoms with Crippen LogP contribution in [-0.4, -0.2) is 58.0 Å². The van der Waals surface area contributed by atoms with E-state index in [-0.39, 0.29) is 27.6 Å². The second kappa shape index (κ2) is 15.8. The topological polar surface area (TPSA) is 228 Å². The smallest absolute Gasteiger partial charge is 0.0777 e. The van der Waals surface area contributed by atoms with Gasteiger partial charge >= 0.3 is 0 Å². The molecule has 0 saturated carbocycles. The molecule has 0 aromatic heterocycles. The fourth-order valence-electron chi connectivity index (χ4n) is 2.80. The van der Waals surface area contributed by atoms with E-state index in [0.717, 1.165) is 39.0 Å². The second-order valence-corrected chi connectivity index (χ2v) is 9.58. The molecule has 1 aliphatic rings. The Hall–Kier alpha value is 0.0135.